The molecule has 1 aromatic rings. The Balaban J connectivity index is 2.46. The molecular weight excluding hydrogens is 155 g/mol. The average Bonchev–Trinajstić information content (AvgIpc) is 2.09. The molecule has 0 saturated heterocycles. The monoisotopic (exact) mass is 168 g/mol. The Hall–Kier alpha value is -0.930. The maximum atomic E-state index is 12.9. The fraction of sp³-hybridized carbons (Fsp3) is 0.333. The zero-order valence-electron chi connectivity index (χ0n) is 6.89. The van der Waals surface area contributed by atoms with Crippen LogP contribution in [0.1, 0.15) is 5.56 Å². The molecule has 1 aromatic carbocycles. The van der Waals surface area contributed by atoms with Crippen molar-refractivity contribution in [3.8, 4) is 0 Å². The van der Waals surface area contributed by atoms with Crippen LogP contribution in [0, 0.1) is 5.82 Å². The molecule has 0 spiro atoms. The third-order valence-electron chi connectivity index (χ3n) is 1.59. The van der Waals surface area contributed by atoms with Gasteiger partial charge in [-0.05, 0) is 6.07 Å². The number of nitrogens with one attached hydrogen (secondary N) is 1. The summed E-state index contributed by atoms with van der Waals surface area (Å²) in [6.07, 6.45) is 0. The van der Waals surface area contributed by atoms with Crippen LogP contribution in [0.3, 0.4) is 0 Å². The van der Waals surface area contributed by atoms with Crippen LogP contribution < -0.4 is 11.1 Å². The van der Waals surface area contributed by atoms with Gasteiger partial charge in [-0.2, -0.15) is 0 Å². The molecule has 12 heavy (non-hydrogen) atoms. The first kappa shape index (κ1) is 9.16. The summed E-state index contributed by atoms with van der Waals surface area (Å²) in [5.74, 6) is -0.165. The molecule has 0 heterocycles. The van der Waals surface area contributed by atoms with Gasteiger partial charge in [-0.3, -0.25) is 0 Å². The molecule has 1 rings (SSSR count). The van der Waals surface area contributed by atoms with E-state index in [1.807, 2.05) is 6.07 Å². The smallest absolute Gasteiger partial charge is 0.127 e. The maximum Gasteiger partial charge on any atom is 0.127 e. The number of rotatable bonds is 4. The highest BCUT2D eigenvalue weighted by molar-refractivity contribution is 5.16. The van der Waals surface area contributed by atoms with E-state index in [9.17, 15) is 4.39 Å². The minimum absolute atomic E-state index is 0.165. The third kappa shape index (κ3) is 2.60. The lowest BCUT2D eigenvalue weighted by molar-refractivity contribution is 0.590. The van der Waals surface area contributed by atoms with Gasteiger partial charge in [-0.15, -0.1) is 0 Å². The Labute approximate surface area is 71.6 Å². The van der Waals surface area contributed by atoms with Crippen LogP contribution in [0.25, 0.3) is 0 Å². The first-order chi connectivity index (χ1) is 5.84. The van der Waals surface area contributed by atoms with Crippen LogP contribution in [-0.4, -0.2) is 13.1 Å². The summed E-state index contributed by atoms with van der Waals surface area (Å²) in [7, 11) is 0. The summed E-state index contributed by atoms with van der Waals surface area (Å²) in [4.78, 5) is 0. The topological polar surface area (TPSA) is 38.0 Å². The van der Waals surface area contributed by atoms with Gasteiger partial charge in [0.25, 0.3) is 0 Å². The van der Waals surface area contributed by atoms with Gasteiger partial charge in [0.15, 0.2) is 0 Å². The molecule has 2 nitrogen and oxygen atoms in total. The lowest BCUT2D eigenvalue weighted by Crippen LogP contribution is -2.22. The first-order valence-corrected chi connectivity index (χ1v) is 3.99. The Kier molecular flexibility index (Phi) is 3.70. The van der Waals surface area contributed by atoms with Crippen LogP contribution in [0.4, 0.5) is 4.39 Å². The number of hydrogen-bond acceptors (Lipinski definition) is 2. The highest BCUT2D eigenvalue weighted by Gasteiger charge is 1.97. The van der Waals surface area contributed by atoms with E-state index < -0.39 is 0 Å². The van der Waals surface area contributed by atoms with Gasteiger partial charge in [-0.25, -0.2) is 4.39 Å². The maximum absolute atomic E-state index is 12.9. The molecule has 0 fully saturated rings. The molecule has 0 aliphatic carbocycles. The molecule has 0 amide bonds. The highest BCUT2D eigenvalue weighted by atomic mass is 19.1. The van der Waals surface area contributed by atoms with Crippen LogP contribution in [0.2, 0.25) is 0 Å². The Morgan fingerprint density at radius 2 is 2.08 bits per heavy atom. The van der Waals surface area contributed by atoms with E-state index in [2.05, 4.69) is 5.32 Å². The third-order valence-corrected chi connectivity index (χ3v) is 1.59. The fourth-order valence-corrected chi connectivity index (χ4v) is 0.967. The van der Waals surface area contributed by atoms with Crippen molar-refractivity contribution in [2.24, 2.45) is 5.73 Å². The van der Waals surface area contributed by atoms with Gasteiger partial charge in [0.05, 0.1) is 0 Å². The highest BCUT2D eigenvalue weighted by Crippen LogP contribution is 2.04. The molecule has 3 heteroatoms. The van der Waals surface area contributed by atoms with E-state index in [0.29, 0.717) is 25.2 Å². The molecule has 0 bridgehead atoms. The lowest BCUT2D eigenvalue weighted by Gasteiger charge is -2.03. The van der Waals surface area contributed by atoms with Gasteiger partial charge in [0.2, 0.25) is 0 Å². The first-order valence-electron chi connectivity index (χ1n) is 3.99. The minimum atomic E-state index is -0.165. The van der Waals surface area contributed by atoms with Crippen LogP contribution in [0.5, 0.6) is 0 Å². The van der Waals surface area contributed by atoms with Gasteiger partial charge in [0.1, 0.15) is 5.82 Å². The number of hydrogen-bond donors (Lipinski definition) is 2. The molecule has 0 radical (unpaired) electrons. The van der Waals surface area contributed by atoms with Crippen molar-refractivity contribution in [1.82, 2.24) is 5.32 Å². The molecule has 0 aromatic heterocycles. The van der Waals surface area contributed by atoms with Crippen molar-refractivity contribution in [2.75, 3.05) is 13.1 Å². The summed E-state index contributed by atoms with van der Waals surface area (Å²) in [6.45, 7) is 1.84. The second kappa shape index (κ2) is 4.85. The normalized spacial score (nSPS) is 10.2. The van der Waals surface area contributed by atoms with Gasteiger partial charge in [0, 0.05) is 25.2 Å². The second-order valence-electron chi connectivity index (χ2n) is 2.56. The molecule has 66 valence electrons. The predicted octanol–water partition coefficient (Wildman–Crippen LogP) is 0.874. The number of benzene rings is 1. The number of nitrogens with two attached hydrogens (primary N) is 1. The van der Waals surface area contributed by atoms with Crippen molar-refractivity contribution in [3.05, 3.63) is 35.6 Å². The van der Waals surface area contributed by atoms with Gasteiger partial charge >= 0.3 is 0 Å². The van der Waals surface area contributed by atoms with E-state index in [1.165, 1.54) is 6.07 Å². The van der Waals surface area contributed by atoms with E-state index in [-0.39, 0.29) is 5.82 Å². The van der Waals surface area contributed by atoms with E-state index in [0.717, 1.165) is 0 Å². The second-order valence-corrected chi connectivity index (χ2v) is 2.56. The summed E-state index contributed by atoms with van der Waals surface area (Å²) in [6, 6.07) is 6.72. The average molecular weight is 168 g/mol. The van der Waals surface area contributed by atoms with E-state index in [1.54, 1.807) is 12.1 Å². The molecule has 0 saturated carbocycles. The van der Waals surface area contributed by atoms with Crippen LogP contribution >= 0.6 is 0 Å². The van der Waals surface area contributed by atoms with Crippen molar-refractivity contribution in [1.29, 1.82) is 0 Å². The summed E-state index contributed by atoms with van der Waals surface area (Å²) < 4.78 is 12.9. The van der Waals surface area contributed by atoms with Crippen molar-refractivity contribution in [2.45, 2.75) is 6.54 Å². The zero-order chi connectivity index (χ0) is 8.81. The molecule has 0 aliphatic heterocycles. The standard InChI is InChI=1S/C9H13FN2/c10-9-4-2-1-3-8(9)7-12-6-5-11/h1-4,12H,5-7,11H2. The predicted molar refractivity (Wildman–Crippen MR) is 47.2 cm³/mol. The fourth-order valence-electron chi connectivity index (χ4n) is 0.967. The SMILES string of the molecule is NCCNCc1ccccc1F. The molecular formula is C9H13FN2. The van der Waals surface area contributed by atoms with Crippen LogP contribution in [-0.2, 0) is 6.54 Å². The molecule has 0 unspecified atom stereocenters. The minimum Gasteiger partial charge on any atom is -0.329 e. The molecule has 3 N–H and O–H groups in total. The van der Waals surface area contributed by atoms with Crippen molar-refractivity contribution < 1.29 is 4.39 Å². The quantitative estimate of drug-likeness (QED) is 0.655. The zero-order valence-corrected chi connectivity index (χ0v) is 6.89. The molecule has 0 atom stereocenters. The summed E-state index contributed by atoms with van der Waals surface area (Å²) in [5, 5.41) is 3.03. The van der Waals surface area contributed by atoms with E-state index in [4.69, 9.17) is 5.73 Å². The lowest BCUT2D eigenvalue weighted by atomic mass is 10.2. The Morgan fingerprint density at radius 1 is 1.33 bits per heavy atom. The van der Waals surface area contributed by atoms with Crippen LogP contribution in [0.15, 0.2) is 24.3 Å². The molecule has 0 aliphatic rings. The van der Waals surface area contributed by atoms with E-state index >= 15 is 0 Å². The van der Waals surface area contributed by atoms with Gasteiger partial charge in [-0.1, -0.05) is 18.2 Å². The van der Waals surface area contributed by atoms with Crippen molar-refractivity contribution >= 4 is 0 Å². The number of halogens is 1. The summed E-state index contributed by atoms with van der Waals surface area (Å²) in [5.41, 5.74) is 5.96. The Morgan fingerprint density at radius 3 is 2.75 bits per heavy atom. The largest absolute Gasteiger partial charge is 0.329 e. The summed E-state index contributed by atoms with van der Waals surface area (Å²) >= 11 is 0. The Bertz CT molecular complexity index is 238. The van der Waals surface area contributed by atoms with Gasteiger partial charge < -0.3 is 11.1 Å². The van der Waals surface area contributed by atoms with Crippen molar-refractivity contribution in [3.63, 3.8) is 0 Å².